The average Bonchev–Trinajstić information content (AvgIpc) is 3.12. The van der Waals surface area contributed by atoms with Crippen LogP contribution in [0.5, 0.6) is 0 Å². The van der Waals surface area contributed by atoms with Crippen molar-refractivity contribution in [3.63, 3.8) is 0 Å². The quantitative estimate of drug-likeness (QED) is 0.179. The first-order valence-electron chi connectivity index (χ1n) is 14.8. The molecule has 217 valence electrons. The van der Waals surface area contributed by atoms with Crippen LogP contribution in [0.1, 0.15) is 0 Å². The molecule has 0 aliphatic heterocycles. The summed E-state index contributed by atoms with van der Waals surface area (Å²) in [5, 5.41) is 2.38. The summed E-state index contributed by atoms with van der Waals surface area (Å²) in [4.78, 5) is 9.66. The van der Waals surface area contributed by atoms with Crippen LogP contribution in [0.2, 0.25) is 0 Å². The van der Waals surface area contributed by atoms with Crippen molar-refractivity contribution in [2.75, 3.05) is 0 Å². The maximum absolute atomic E-state index is 4.83. The topological polar surface area (TPSA) is 25.8 Å². The summed E-state index contributed by atoms with van der Waals surface area (Å²) in [5.41, 5.74) is 11.3. The van der Waals surface area contributed by atoms with Crippen molar-refractivity contribution in [2.45, 2.75) is 0 Å². The molecular weight excluding hydrogens is 725 g/mol. The molecule has 2 aromatic heterocycles. The predicted molar refractivity (Wildman–Crippen MR) is 185 cm³/mol. The van der Waals surface area contributed by atoms with E-state index in [0.29, 0.717) is 0 Å². The summed E-state index contributed by atoms with van der Waals surface area (Å²) in [6.45, 7) is 0. The van der Waals surface area contributed by atoms with Crippen molar-refractivity contribution in [2.24, 2.45) is 0 Å². The Morgan fingerprint density at radius 2 is 0.578 bits per heavy atom. The summed E-state index contributed by atoms with van der Waals surface area (Å²) in [6.07, 6.45) is 0. The van der Waals surface area contributed by atoms with Gasteiger partial charge in [0.25, 0.3) is 0 Å². The Kier molecular flexibility index (Phi) is 9.32. The van der Waals surface area contributed by atoms with Gasteiger partial charge in [0.2, 0.25) is 0 Å². The number of benzene rings is 6. The zero-order chi connectivity index (χ0) is 29.6. The number of nitrogens with zero attached hydrogens (tertiary/aromatic N) is 2. The van der Waals surface area contributed by atoms with E-state index in [-0.39, 0.29) is 20.1 Å². The molecule has 0 spiro atoms. The first kappa shape index (κ1) is 29.8. The summed E-state index contributed by atoms with van der Waals surface area (Å²) in [6, 6.07) is 62.7. The summed E-state index contributed by atoms with van der Waals surface area (Å²) in [7, 11) is 0. The Bertz CT molecular complexity index is 1990. The zero-order valence-corrected chi connectivity index (χ0v) is 26.9. The van der Waals surface area contributed by atoms with Gasteiger partial charge in [-0.2, -0.15) is 0 Å². The standard InChI is InChI=1S/2C21H15N.Ir/c2*1-3-9-16(10-4-1)19-15-21(17-11-5-2-6-12-17)22-20-14-8-7-13-18(19)20;/h2*1-15H;. The largest absolute Gasteiger partial charge is 0.248 e. The van der Waals surface area contributed by atoms with Crippen molar-refractivity contribution >= 4 is 21.8 Å². The summed E-state index contributed by atoms with van der Waals surface area (Å²) < 4.78 is 0. The molecule has 0 bridgehead atoms. The number of hydrogen-bond acceptors (Lipinski definition) is 2. The Hall–Kier alpha value is -5.21. The van der Waals surface area contributed by atoms with Gasteiger partial charge in [-0.25, -0.2) is 9.97 Å². The second-order valence-electron chi connectivity index (χ2n) is 10.6. The van der Waals surface area contributed by atoms with Crippen molar-refractivity contribution in [1.29, 1.82) is 0 Å². The van der Waals surface area contributed by atoms with Crippen molar-refractivity contribution in [3.05, 3.63) is 182 Å². The van der Waals surface area contributed by atoms with Gasteiger partial charge < -0.3 is 0 Å². The van der Waals surface area contributed by atoms with Crippen LogP contribution in [-0.4, -0.2) is 9.97 Å². The molecule has 0 amide bonds. The Morgan fingerprint density at radius 1 is 0.289 bits per heavy atom. The van der Waals surface area contributed by atoms with Crippen LogP contribution in [0.3, 0.4) is 0 Å². The zero-order valence-electron chi connectivity index (χ0n) is 24.5. The van der Waals surface area contributed by atoms with Crippen molar-refractivity contribution < 1.29 is 20.1 Å². The van der Waals surface area contributed by atoms with Gasteiger partial charge in [-0.3, -0.25) is 0 Å². The normalized spacial score (nSPS) is 10.5. The Morgan fingerprint density at radius 3 is 0.933 bits per heavy atom. The van der Waals surface area contributed by atoms with E-state index >= 15 is 0 Å². The fourth-order valence-corrected chi connectivity index (χ4v) is 5.58. The third kappa shape index (κ3) is 6.66. The fraction of sp³-hybridized carbons (Fsp3) is 0. The van der Waals surface area contributed by atoms with E-state index in [1.807, 2.05) is 60.7 Å². The molecule has 6 aromatic carbocycles. The van der Waals surface area contributed by atoms with Gasteiger partial charge in [-0.15, -0.1) is 0 Å². The number of para-hydroxylation sites is 2. The van der Waals surface area contributed by atoms with E-state index in [1.165, 1.54) is 33.0 Å². The number of rotatable bonds is 4. The molecule has 0 unspecified atom stereocenters. The Labute approximate surface area is 277 Å². The molecular formula is C42H30IrN2. The monoisotopic (exact) mass is 755 g/mol. The first-order valence-corrected chi connectivity index (χ1v) is 14.8. The molecule has 2 heterocycles. The summed E-state index contributed by atoms with van der Waals surface area (Å²) in [5.74, 6) is 0. The average molecular weight is 755 g/mol. The maximum Gasteiger partial charge on any atom is 0.0715 e. The molecule has 0 saturated carbocycles. The molecule has 0 atom stereocenters. The molecule has 0 N–H and O–H groups in total. The van der Waals surface area contributed by atoms with E-state index in [9.17, 15) is 0 Å². The van der Waals surface area contributed by atoms with Gasteiger partial charge >= 0.3 is 0 Å². The molecule has 8 aromatic rings. The molecule has 1 radical (unpaired) electrons. The SMILES string of the molecule is [Ir].c1ccc(-c2cc(-c3ccccc3)c3ccccc3n2)cc1.c1ccc(-c2cc(-c3ccccc3)c3ccccc3n2)cc1. The van der Waals surface area contributed by atoms with E-state index in [4.69, 9.17) is 9.97 Å². The van der Waals surface area contributed by atoms with Gasteiger partial charge in [0, 0.05) is 42.0 Å². The van der Waals surface area contributed by atoms with Crippen LogP contribution in [0, 0.1) is 0 Å². The first-order chi connectivity index (χ1) is 21.8. The minimum absolute atomic E-state index is 0. The van der Waals surface area contributed by atoms with E-state index in [2.05, 4.69) is 121 Å². The van der Waals surface area contributed by atoms with Gasteiger partial charge in [-0.1, -0.05) is 158 Å². The number of fused-ring (bicyclic) bond motifs is 2. The third-order valence-electron chi connectivity index (χ3n) is 7.74. The minimum atomic E-state index is 0. The van der Waals surface area contributed by atoms with Gasteiger partial charge in [0.05, 0.1) is 22.4 Å². The second-order valence-corrected chi connectivity index (χ2v) is 10.6. The fourth-order valence-electron chi connectivity index (χ4n) is 5.58. The molecule has 8 rings (SSSR count). The van der Waals surface area contributed by atoms with Crippen molar-refractivity contribution in [3.8, 4) is 44.8 Å². The van der Waals surface area contributed by atoms with Crippen LogP contribution in [0.15, 0.2) is 182 Å². The van der Waals surface area contributed by atoms with Gasteiger partial charge in [0.1, 0.15) is 0 Å². The number of aromatic nitrogens is 2. The van der Waals surface area contributed by atoms with Crippen LogP contribution in [0.25, 0.3) is 66.6 Å². The van der Waals surface area contributed by atoms with Gasteiger partial charge in [-0.05, 0) is 46.5 Å². The third-order valence-corrected chi connectivity index (χ3v) is 7.74. The second kappa shape index (κ2) is 14.1. The maximum atomic E-state index is 4.83. The summed E-state index contributed by atoms with van der Waals surface area (Å²) >= 11 is 0. The predicted octanol–water partition coefficient (Wildman–Crippen LogP) is 11.1. The van der Waals surface area contributed by atoms with E-state index < -0.39 is 0 Å². The van der Waals surface area contributed by atoms with Gasteiger partial charge in [0.15, 0.2) is 0 Å². The smallest absolute Gasteiger partial charge is 0.0715 e. The van der Waals surface area contributed by atoms with Crippen LogP contribution >= 0.6 is 0 Å². The molecule has 3 heteroatoms. The number of hydrogen-bond donors (Lipinski definition) is 0. The molecule has 0 saturated heterocycles. The molecule has 0 aliphatic rings. The van der Waals surface area contributed by atoms with E-state index in [0.717, 1.165) is 33.5 Å². The van der Waals surface area contributed by atoms with Crippen LogP contribution in [0.4, 0.5) is 0 Å². The van der Waals surface area contributed by atoms with E-state index in [1.54, 1.807) is 0 Å². The van der Waals surface area contributed by atoms with Crippen molar-refractivity contribution in [1.82, 2.24) is 9.97 Å². The van der Waals surface area contributed by atoms with Crippen LogP contribution < -0.4 is 0 Å². The number of pyridine rings is 2. The minimum Gasteiger partial charge on any atom is -0.248 e. The molecule has 45 heavy (non-hydrogen) atoms. The molecule has 0 aliphatic carbocycles. The van der Waals surface area contributed by atoms with Crippen LogP contribution in [-0.2, 0) is 20.1 Å². The Balaban J connectivity index is 0.000000155. The molecule has 2 nitrogen and oxygen atoms in total. The molecule has 0 fully saturated rings.